The number of carbonyl (C=O) groups is 1. The average Bonchev–Trinajstić information content (AvgIpc) is 2.25. The predicted octanol–water partition coefficient (Wildman–Crippen LogP) is -0.520. The Bertz CT molecular complexity index is 215. The first-order valence-corrected chi connectivity index (χ1v) is 5.61. The Kier molecular flexibility index (Phi) is 6.55. The van der Waals surface area contributed by atoms with Crippen LogP contribution in [0.25, 0.3) is 0 Å². The van der Waals surface area contributed by atoms with Crippen LogP contribution in [0.1, 0.15) is 27.7 Å². The van der Waals surface area contributed by atoms with Gasteiger partial charge in [0.1, 0.15) is 0 Å². The highest BCUT2D eigenvalue weighted by Gasteiger charge is 2.26. The molecule has 5 nitrogen and oxygen atoms in total. The van der Waals surface area contributed by atoms with Crippen molar-refractivity contribution in [2.75, 3.05) is 19.8 Å². The SMILES string of the molecule is CC(C)CNC(=O)C(C)NC(C)(CO)CO. The highest BCUT2D eigenvalue weighted by Crippen LogP contribution is 2.02. The molecule has 0 radical (unpaired) electrons. The Balaban J connectivity index is 4.13. The zero-order valence-electron chi connectivity index (χ0n) is 10.6. The molecule has 1 amide bonds. The zero-order chi connectivity index (χ0) is 12.8. The van der Waals surface area contributed by atoms with Crippen LogP contribution < -0.4 is 10.6 Å². The van der Waals surface area contributed by atoms with Gasteiger partial charge in [0.2, 0.25) is 5.91 Å². The Hall–Kier alpha value is -0.650. The molecule has 0 saturated carbocycles. The van der Waals surface area contributed by atoms with E-state index in [9.17, 15) is 4.79 Å². The van der Waals surface area contributed by atoms with Crippen molar-refractivity contribution in [3.05, 3.63) is 0 Å². The summed E-state index contributed by atoms with van der Waals surface area (Å²) in [6.45, 7) is 7.60. The molecule has 0 saturated heterocycles. The van der Waals surface area contributed by atoms with Gasteiger partial charge in [-0.15, -0.1) is 0 Å². The van der Waals surface area contributed by atoms with E-state index in [1.807, 2.05) is 13.8 Å². The summed E-state index contributed by atoms with van der Waals surface area (Å²) in [4.78, 5) is 11.6. The number of hydrogen-bond donors (Lipinski definition) is 4. The number of amides is 1. The summed E-state index contributed by atoms with van der Waals surface area (Å²) in [5.74, 6) is 0.278. The van der Waals surface area contributed by atoms with Gasteiger partial charge in [-0.2, -0.15) is 0 Å². The Morgan fingerprint density at radius 1 is 1.25 bits per heavy atom. The maximum atomic E-state index is 11.6. The summed E-state index contributed by atoms with van der Waals surface area (Å²) < 4.78 is 0. The van der Waals surface area contributed by atoms with E-state index in [4.69, 9.17) is 10.2 Å². The van der Waals surface area contributed by atoms with E-state index in [2.05, 4.69) is 10.6 Å². The number of carbonyl (C=O) groups excluding carboxylic acids is 1. The molecule has 1 atom stereocenters. The third kappa shape index (κ3) is 5.44. The summed E-state index contributed by atoms with van der Waals surface area (Å²) in [5.41, 5.74) is -0.825. The molecule has 0 aromatic rings. The van der Waals surface area contributed by atoms with Crippen molar-refractivity contribution in [3.8, 4) is 0 Å². The van der Waals surface area contributed by atoms with Gasteiger partial charge in [-0.3, -0.25) is 10.1 Å². The lowest BCUT2D eigenvalue weighted by Crippen LogP contribution is -2.57. The maximum Gasteiger partial charge on any atom is 0.236 e. The van der Waals surface area contributed by atoms with E-state index < -0.39 is 11.6 Å². The molecule has 0 fully saturated rings. The fourth-order valence-electron chi connectivity index (χ4n) is 1.19. The molecule has 4 N–H and O–H groups in total. The summed E-state index contributed by atoms with van der Waals surface area (Å²) in [6, 6.07) is -0.442. The molecular formula is C11H24N2O3. The van der Waals surface area contributed by atoms with Crippen LogP contribution in [0, 0.1) is 5.92 Å². The van der Waals surface area contributed by atoms with Gasteiger partial charge in [-0.05, 0) is 19.8 Å². The van der Waals surface area contributed by atoms with Gasteiger partial charge in [0.15, 0.2) is 0 Å². The summed E-state index contributed by atoms with van der Waals surface area (Å²) >= 11 is 0. The van der Waals surface area contributed by atoms with E-state index in [1.54, 1.807) is 13.8 Å². The minimum atomic E-state index is -0.825. The second-order valence-electron chi connectivity index (χ2n) is 4.88. The molecule has 5 heteroatoms. The fraction of sp³-hybridized carbons (Fsp3) is 0.909. The second-order valence-corrected chi connectivity index (χ2v) is 4.88. The fourth-order valence-corrected chi connectivity index (χ4v) is 1.19. The van der Waals surface area contributed by atoms with E-state index in [1.165, 1.54) is 0 Å². The van der Waals surface area contributed by atoms with Crippen LogP contribution in [-0.4, -0.2) is 47.5 Å². The molecule has 0 spiro atoms. The Morgan fingerprint density at radius 2 is 1.75 bits per heavy atom. The number of aliphatic hydroxyl groups excluding tert-OH is 2. The normalized spacial score (nSPS) is 13.9. The van der Waals surface area contributed by atoms with Crippen molar-refractivity contribution in [2.45, 2.75) is 39.3 Å². The van der Waals surface area contributed by atoms with Crippen LogP contribution in [-0.2, 0) is 4.79 Å². The molecule has 16 heavy (non-hydrogen) atoms. The molecule has 0 aromatic carbocycles. The Labute approximate surface area is 97.2 Å². The van der Waals surface area contributed by atoms with Gasteiger partial charge in [0.05, 0.1) is 24.8 Å². The van der Waals surface area contributed by atoms with Gasteiger partial charge in [-0.25, -0.2) is 0 Å². The third-order valence-electron chi connectivity index (χ3n) is 2.34. The lowest BCUT2D eigenvalue weighted by Gasteiger charge is -2.29. The number of rotatable bonds is 7. The van der Waals surface area contributed by atoms with Crippen LogP contribution in [0.3, 0.4) is 0 Å². The number of aliphatic hydroxyl groups is 2. The van der Waals surface area contributed by atoms with Gasteiger partial charge in [0.25, 0.3) is 0 Å². The van der Waals surface area contributed by atoms with Crippen molar-refractivity contribution >= 4 is 5.91 Å². The molecule has 0 aliphatic heterocycles. The van der Waals surface area contributed by atoms with E-state index in [0.717, 1.165) is 0 Å². The first-order chi connectivity index (χ1) is 7.34. The second kappa shape index (κ2) is 6.83. The number of hydrogen-bond acceptors (Lipinski definition) is 4. The smallest absolute Gasteiger partial charge is 0.236 e. The van der Waals surface area contributed by atoms with Gasteiger partial charge < -0.3 is 15.5 Å². The zero-order valence-corrected chi connectivity index (χ0v) is 10.6. The van der Waals surface area contributed by atoms with Crippen LogP contribution in [0.2, 0.25) is 0 Å². The van der Waals surface area contributed by atoms with Crippen LogP contribution in [0.4, 0.5) is 0 Å². The van der Waals surface area contributed by atoms with Crippen molar-refractivity contribution in [1.82, 2.24) is 10.6 Å². The van der Waals surface area contributed by atoms with E-state index >= 15 is 0 Å². The summed E-state index contributed by atoms with van der Waals surface area (Å²) in [7, 11) is 0. The quantitative estimate of drug-likeness (QED) is 0.476. The number of nitrogens with one attached hydrogen (secondary N) is 2. The van der Waals surface area contributed by atoms with Gasteiger partial charge in [0, 0.05) is 6.54 Å². The lowest BCUT2D eigenvalue weighted by molar-refractivity contribution is -0.123. The molecule has 0 aliphatic rings. The highest BCUT2D eigenvalue weighted by atomic mass is 16.3. The summed E-state index contributed by atoms with van der Waals surface area (Å²) in [5, 5.41) is 23.9. The maximum absolute atomic E-state index is 11.6. The standard InChI is InChI=1S/C11H24N2O3/c1-8(2)5-12-10(16)9(3)13-11(4,6-14)7-15/h8-9,13-15H,5-7H2,1-4H3,(H,12,16). The molecule has 96 valence electrons. The Morgan fingerprint density at radius 3 is 2.12 bits per heavy atom. The van der Waals surface area contributed by atoms with Crippen molar-refractivity contribution in [2.24, 2.45) is 5.92 Å². The van der Waals surface area contributed by atoms with Gasteiger partial charge in [-0.1, -0.05) is 13.8 Å². The molecule has 0 bridgehead atoms. The largest absolute Gasteiger partial charge is 0.394 e. The summed E-state index contributed by atoms with van der Waals surface area (Å²) in [6.07, 6.45) is 0. The molecule has 0 aliphatic carbocycles. The lowest BCUT2D eigenvalue weighted by atomic mass is 10.0. The van der Waals surface area contributed by atoms with Crippen LogP contribution in [0.15, 0.2) is 0 Å². The van der Waals surface area contributed by atoms with Crippen LogP contribution in [0.5, 0.6) is 0 Å². The van der Waals surface area contributed by atoms with Gasteiger partial charge >= 0.3 is 0 Å². The minimum Gasteiger partial charge on any atom is -0.394 e. The average molecular weight is 232 g/mol. The molecule has 1 unspecified atom stereocenters. The van der Waals surface area contributed by atoms with Crippen molar-refractivity contribution in [1.29, 1.82) is 0 Å². The molecule has 0 rings (SSSR count). The molecule has 0 aromatic heterocycles. The first-order valence-electron chi connectivity index (χ1n) is 5.61. The third-order valence-corrected chi connectivity index (χ3v) is 2.34. The van der Waals surface area contributed by atoms with Crippen molar-refractivity contribution in [3.63, 3.8) is 0 Å². The van der Waals surface area contributed by atoms with Crippen LogP contribution >= 0.6 is 0 Å². The highest BCUT2D eigenvalue weighted by molar-refractivity contribution is 5.81. The minimum absolute atomic E-state index is 0.123. The topological polar surface area (TPSA) is 81.6 Å². The van der Waals surface area contributed by atoms with E-state index in [0.29, 0.717) is 12.5 Å². The van der Waals surface area contributed by atoms with E-state index in [-0.39, 0.29) is 19.1 Å². The van der Waals surface area contributed by atoms with Crippen molar-refractivity contribution < 1.29 is 15.0 Å². The predicted molar refractivity (Wildman–Crippen MR) is 63.0 cm³/mol. The molecular weight excluding hydrogens is 208 g/mol. The monoisotopic (exact) mass is 232 g/mol. The molecule has 0 heterocycles. The first kappa shape index (κ1) is 15.3.